The minimum absolute atomic E-state index is 0.0212. The summed E-state index contributed by atoms with van der Waals surface area (Å²) < 4.78 is 0. The van der Waals surface area contributed by atoms with Gasteiger partial charge in [0, 0.05) is 18.2 Å². The van der Waals surface area contributed by atoms with Crippen LogP contribution < -0.4 is 22.1 Å². The van der Waals surface area contributed by atoms with Gasteiger partial charge in [-0.05, 0) is 25.0 Å². The van der Waals surface area contributed by atoms with Crippen molar-refractivity contribution < 1.29 is 4.79 Å². The van der Waals surface area contributed by atoms with Crippen LogP contribution in [-0.4, -0.2) is 48.2 Å². The van der Waals surface area contributed by atoms with Crippen LogP contribution in [0.5, 0.6) is 0 Å². The lowest BCUT2D eigenvalue weighted by Crippen LogP contribution is -2.42. The number of carbonyl (C=O) groups excluding carboxylic acids is 1. The second kappa shape index (κ2) is 8.19. The van der Waals surface area contributed by atoms with Crippen molar-refractivity contribution in [2.45, 2.75) is 37.8 Å². The van der Waals surface area contributed by atoms with Gasteiger partial charge in [0.15, 0.2) is 17.3 Å². The summed E-state index contributed by atoms with van der Waals surface area (Å²) in [6.07, 6.45) is 7.30. The molecule has 1 aliphatic rings. The van der Waals surface area contributed by atoms with E-state index in [1.54, 1.807) is 36.7 Å². The Morgan fingerprint density at radius 2 is 1.90 bits per heavy atom. The maximum absolute atomic E-state index is 11.8. The van der Waals surface area contributed by atoms with Gasteiger partial charge in [0.25, 0.3) is 5.91 Å². The smallest absolute Gasteiger partial charge is 0.271 e. The second-order valence-electron chi connectivity index (χ2n) is 6.88. The zero-order valence-corrected chi connectivity index (χ0v) is 15.7. The van der Waals surface area contributed by atoms with E-state index in [0.717, 1.165) is 25.7 Å². The molecule has 0 saturated heterocycles. The molecule has 29 heavy (non-hydrogen) atoms. The molecule has 6 N–H and O–H groups in total. The van der Waals surface area contributed by atoms with Crippen molar-refractivity contribution in [2.75, 3.05) is 10.6 Å². The number of nitrogens with two attached hydrogens (primary N) is 2. The molecule has 0 spiro atoms. The van der Waals surface area contributed by atoms with Crippen LogP contribution in [0.2, 0.25) is 0 Å². The van der Waals surface area contributed by atoms with E-state index < -0.39 is 5.91 Å². The van der Waals surface area contributed by atoms with Gasteiger partial charge in [-0.25, -0.2) is 4.98 Å². The molecule has 0 aromatic carbocycles. The number of amides is 1. The molecule has 3 heterocycles. The molecule has 11 nitrogen and oxygen atoms in total. The van der Waals surface area contributed by atoms with E-state index in [1.807, 2.05) is 0 Å². The van der Waals surface area contributed by atoms with Gasteiger partial charge in [-0.1, -0.05) is 18.9 Å². The van der Waals surface area contributed by atoms with Gasteiger partial charge in [-0.15, -0.1) is 15.0 Å². The molecule has 0 bridgehead atoms. The molecule has 4 rings (SSSR count). The summed E-state index contributed by atoms with van der Waals surface area (Å²) in [4.78, 5) is 17.7. The number of hydrogen-bond donors (Lipinski definition) is 4. The Hall–Kier alpha value is -3.60. The van der Waals surface area contributed by atoms with E-state index in [2.05, 4.69) is 36.0 Å². The molecule has 1 fully saturated rings. The molecule has 2 atom stereocenters. The Labute approximate surface area is 166 Å². The summed E-state index contributed by atoms with van der Waals surface area (Å²) in [6.45, 7) is 0. The molecular formula is C18H22N10O. The van der Waals surface area contributed by atoms with Gasteiger partial charge < -0.3 is 22.1 Å². The molecule has 1 aliphatic carbocycles. The number of nitrogens with one attached hydrogen (secondary N) is 2. The average molecular weight is 394 g/mol. The highest BCUT2D eigenvalue weighted by atomic mass is 16.1. The Kier molecular flexibility index (Phi) is 5.29. The van der Waals surface area contributed by atoms with Gasteiger partial charge in [-0.3, -0.25) is 4.79 Å². The standard InChI is InChI=1S/C18H22N10O/c19-11-4-1-2-5-12(11)23-15-10-13(17(18(20)29)27-26-15)24-14-6-3-7-16(25-14)28-21-8-9-22-28/h3,6-12H,1-2,4-5,19H2,(H2,20,29)(H2,23,24,25,26). The normalized spacial score (nSPS) is 18.9. The summed E-state index contributed by atoms with van der Waals surface area (Å²) in [5.41, 5.74) is 12.1. The Bertz CT molecular complexity index is 990. The summed E-state index contributed by atoms with van der Waals surface area (Å²) in [5.74, 6) is 0.834. The first-order chi connectivity index (χ1) is 14.1. The third kappa shape index (κ3) is 4.29. The molecule has 1 saturated carbocycles. The number of aromatic nitrogens is 6. The molecule has 0 aliphatic heterocycles. The van der Waals surface area contributed by atoms with Gasteiger partial charge in [0.2, 0.25) is 0 Å². The lowest BCUT2D eigenvalue weighted by Gasteiger charge is -2.29. The van der Waals surface area contributed by atoms with E-state index in [1.165, 1.54) is 4.80 Å². The lowest BCUT2D eigenvalue weighted by atomic mass is 9.91. The van der Waals surface area contributed by atoms with Gasteiger partial charge in [0.05, 0.1) is 18.1 Å². The summed E-state index contributed by atoms with van der Waals surface area (Å²) in [7, 11) is 0. The number of pyridine rings is 1. The Balaban J connectivity index is 1.60. The van der Waals surface area contributed by atoms with Crippen LogP contribution in [0.25, 0.3) is 5.82 Å². The van der Waals surface area contributed by atoms with E-state index in [0.29, 0.717) is 23.1 Å². The summed E-state index contributed by atoms with van der Waals surface area (Å²) in [5, 5.41) is 22.6. The monoisotopic (exact) mass is 394 g/mol. The van der Waals surface area contributed by atoms with Gasteiger partial charge >= 0.3 is 0 Å². The highest BCUT2D eigenvalue weighted by Crippen LogP contribution is 2.24. The highest BCUT2D eigenvalue weighted by molar-refractivity contribution is 5.97. The minimum atomic E-state index is -0.689. The van der Waals surface area contributed by atoms with E-state index in [-0.39, 0.29) is 17.8 Å². The first-order valence-electron chi connectivity index (χ1n) is 9.40. The van der Waals surface area contributed by atoms with Crippen molar-refractivity contribution in [3.63, 3.8) is 0 Å². The number of anilines is 3. The first-order valence-corrected chi connectivity index (χ1v) is 9.40. The average Bonchev–Trinajstić information content (AvgIpc) is 3.25. The van der Waals surface area contributed by atoms with E-state index >= 15 is 0 Å². The van der Waals surface area contributed by atoms with Crippen molar-refractivity contribution >= 4 is 23.2 Å². The maximum atomic E-state index is 11.8. The highest BCUT2D eigenvalue weighted by Gasteiger charge is 2.23. The fourth-order valence-electron chi connectivity index (χ4n) is 3.34. The van der Waals surface area contributed by atoms with E-state index in [9.17, 15) is 4.79 Å². The van der Waals surface area contributed by atoms with Crippen LogP contribution in [0.15, 0.2) is 36.7 Å². The van der Waals surface area contributed by atoms with Crippen molar-refractivity contribution in [3.8, 4) is 5.82 Å². The molecule has 3 aromatic heterocycles. The molecule has 2 unspecified atom stereocenters. The van der Waals surface area contributed by atoms with Crippen LogP contribution in [0.1, 0.15) is 36.2 Å². The third-order valence-electron chi connectivity index (χ3n) is 4.80. The van der Waals surface area contributed by atoms with Crippen molar-refractivity contribution in [1.29, 1.82) is 0 Å². The zero-order chi connectivity index (χ0) is 20.2. The lowest BCUT2D eigenvalue weighted by molar-refractivity contribution is 0.0995. The van der Waals surface area contributed by atoms with E-state index in [4.69, 9.17) is 11.5 Å². The fraction of sp³-hybridized carbons (Fsp3) is 0.333. The van der Waals surface area contributed by atoms with Gasteiger partial charge in [0.1, 0.15) is 5.82 Å². The maximum Gasteiger partial charge on any atom is 0.271 e. The number of hydrogen-bond acceptors (Lipinski definition) is 9. The molecule has 150 valence electrons. The van der Waals surface area contributed by atoms with Crippen LogP contribution in [0, 0.1) is 0 Å². The predicted octanol–water partition coefficient (Wildman–Crippen LogP) is 0.977. The largest absolute Gasteiger partial charge is 0.364 e. The molecule has 3 aromatic rings. The van der Waals surface area contributed by atoms with Gasteiger partial charge in [-0.2, -0.15) is 10.2 Å². The van der Waals surface area contributed by atoms with Crippen LogP contribution in [0.3, 0.4) is 0 Å². The number of primary amides is 1. The van der Waals surface area contributed by atoms with Crippen LogP contribution in [-0.2, 0) is 0 Å². The molecule has 1 amide bonds. The topological polar surface area (TPSA) is 163 Å². The minimum Gasteiger partial charge on any atom is -0.364 e. The molecular weight excluding hydrogens is 372 g/mol. The van der Waals surface area contributed by atoms with Crippen LogP contribution >= 0.6 is 0 Å². The molecule has 11 heteroatoms. The third-order valence-corrected chi connectivity index (χ3v) is 4.80. The SMILES string of the molecule is NC(=O)c1nnc(NC2CCCCC2N)cc1Nc1cccc(-n2nccn2)n1. The summed E-state index contributed by atoms with van der Waals surface area (Å²) >= 11 is 0. The second-order valence-corrected chi connectivity index (χ2v) is 6.88. The Morgan fingerprint density at radius 1 is 1.10 bits per heavy atom. The molecule has 0 radical (unpaired) electrons. The predicted molar refractivity (Wildman–Crippen MR) is 107 cm³/mol. The number of carbonyl (C=O) groups is 1. The summed E-state index contributed by atoms with van der Waals surface area (Å²) in [6, 6.07) is 7.17. The van der Waals surface area contributed by atoms with Crippen molar-refractivity contribution in [2.24, 2.45) is 11.5 Å². The first kappa shape index (κ1) is 18.7. The number of rotatable bonds is 6. The van der Waals surface area contributed by atoms with Crippen molar-refractivity contribution in [1.82, 2.24) is 30.2 Å². The number of nitrogens with zero attached hydrogens (tertiary/aromatic N) is 6. The Morgan fingerprint density at radius 3 is 2.66 bits per heavy atom. The van der Waals surface area contributed by atoms with Crippen LogP contribution in [0.4, 0.5) is 17.3 Å². The van der Waals surface area contributed by atoms with Crippen molar-refractivity contribution in [3.05, 3.63) is 42.4 Å². The quantitative estimate of drug-likeness (QED) is 0.477. The zero-order valence-electron chi connectivity index (χ0n) is 15.7. The fourth-order valence-corrected chi connectivity index (χ4v) is 3.34.